The monoisotopic (exact) mass is 601 g/mol. The number of rotatable bonds is 9. The Morgan fingerprint density at radius 2 is 2.05 bits per heavy atom. The van der Waals surface area contributed by atoms with Crippen LogP contribution in [0.3, 0.4) is 0 Å². The summed E-state index contributed by atoms with van der Waals surface area (Å²) in [5.41, 5.74) is 4.82. The molecule has 0 bridgehead atoms. The molecule has 44 heavy (non-hydrogen) atoms. The first-order valence-electron chi connectivity index (χ1n) is 15.9. The summed E-state index contributed by atoms with van der Waals surface area (Å²) < 4.78 is 17.3. The average molecular weight is 602 g/mol. The normalized spacial score (nSPS) is 22.0. The largest absolute Gasteiger partial charge is 0.497 e. The molecule has 4 heterocycles. The fraction of sp³-hybridized carbons (Fsp3) is 0.576. The van der Waals surface area contributed by atoms with Crippen molar-refractivity contribution in [2.75, 3.05) is 82.5 Å². The standard InChI is InChI=1S/C33H43N7O4/c1-3-31(41)40-14-13-38(23-26(40)10-11-34)32-28-9-7-25(39-12-4-5-24-6-8-27(42-2)22-30(24)39)21-29(28)35-33(36-32)44-20-17-37-15-18-43-19-16-37/h3,6,8,22,25-26H,1,4-5,7,9-10,12-21,23H2,2H3/t25?,26-/m0/s1. The van der Waals surface area contributed by atoms with Gasteiger partial charge in [-0.2, -0.15) is 15.2 Å². The number of anilines is 2. The van der Waals surface area contributed by atoms with Gasteiger partial charge in [0.05, 0.1) is 44.5 Å². The molecule has 0 saturated carbocycles. The molecule has 234 valence electrons. The van der Waals surface area contributed by atoms with Crippen LogP contribution in [0.25, 0.3) is 0 Å². The maximum atomic E-state index is 12.6. The average Bonchev–Trinajstić information content (AvgIpc) is 3.07. The number of methoxy groups -OCH3 is 1. The highest BCUT2D eigenvalue weighted by molar-refractivity contribution is 5.87. The molecule has 3 aliphatic heterocycles. The molecular weight excluding hydrogens is 558 g/mol. The number of benzene rings is 1. The minimum atomic E-state index is -0.230. The molecule has 2 atom stereocenters. The van der Waals surface area contributed by atoms with Gasteiger partial charge in [-0.25, -0.2) is 0 Å². The Morgan fingerprint density at radius 1 is 1.18 bits per heavy atom. The van der Waals surface area contributed by atoms with Crippen LogP contribution in [0, 0.1) is 11.3 Å². The zero-order valence-corrected chi connectivity index (χ0v) is 25.7. The Bertz CT molecular complexity index is 1390. The second kappa shape index (κ2) is 13.8. The van der Waals surface area contributed by atoms with Crippen molar-refractivity contribution in [1.82, 2.24) is 19.8 Å². The van der Waals surface area contributed by atoms with Gasteiger partial charge < -0.3 is 28.9 Å². The number of fused-ring (bicyclic) bond motifs is 2. The molecular formula is C33H43N7O4. The Balaban J connectivity index is 1.27. The van der Waals surface area contributed by atoms with Crippen LogP contribution in [-0.4, -0.2) is 111 Å². The van der Waals surface area contributed by atoms with E-state index in [4.69, 9.17) is 24.2 Å². The van der Waals surface area contributed by atoms with Crippen LogP contribution in [0.4, 0.5) is 11.5 Å². The van der Waals surface area contributed by atoms with Crippen LogP contribution in [0.15, 0.2) is 30.9 Å². The van der Waals surface area contributed by atoms with Crippen LogP contribution in [0.5, 0.6) is 11.8 Å². The van der Waals surface area contributed by atoms with E-state index in [1.807, 2.05) is 0 Å². The van der Waals surface area contributed by atoms with Crippen molar-refractivity contribution in [2.45, 2.75) is 50.6 Å². The number of hydrogen-bond acceptors (Lipinski definition) is 10. The number of nitrogens with zero attached hydrogens (tertiary/aromatic N) is 7. The summed E-state index contributed by atoms with van der Waals surface area (Å²) in [5, 5.41) is 9.54. The van der Waals surface area contributed by atoms with E-state index in [1.165, 1.54) is 17.3 Å². The van der Waals surface area contributed by atoms with E-state index in [-0.39, 0.29) is 18.4 Å². The summed E-state index contributed by atoms with van der Waals surface area (Å²) in [6, 6.07) is 9.18. The van der Waals surface area contributed by atoms with Gasteiger partial charge in [-0.3, -0.25) is 9.69 Å². The molecule has 4 aliphatic rings. The fourth-order valence-corrected chi connectivity index (χ4v) is 7.06. The molecule has 1 aliphatic carbocycles. The first-order chi connectivity index (χ1) is 21.6. The second-order valence-electron chi connectivity index (χ2n) is 11.9. The van der Waals surface area contributed by atoms with E-state index in [0.29, 0.717) is 38.3 Å². The number of morpholine rings is 1. The lowest BCUT2D eigenvalue weighted by atomic mass is 9.88. The number of aryl methyl sites for hydroxylation is 1. The van der Waals surface area contributed by atoms with Gasteiger partial charge in [0.25, 0.3) is 0 Å². The maximum absolute atomic E-state index is 12.6. The predicted octanol–water partition coefficient (Wildman–Crippen LogP) is 2.62. The van der Waals surface area contributed by atoms with Crippen LogP contribution in [0.2, 0.25) is 0 Å². The molecule has 6 rings (SSSR count). The highest BCUT2D eigenvalue weighted by atomic mass is 16.5. The Kier molecular flexibility index (Phi) is 9.48. The molecule has 2 aromatic rings. The Morgan fingerprint density at radius 3 is 2.84 bits per heavy atom. The van der Waals surface area contributed by atoms with Crippen LogP contribution < -0.4 is 19.3 Å². The van der Waals surface area contributed by atoms with Crippen molar-refractivity contribution >= 4 is 17.4 Å². The molecule has 0 radical (unpaired) electrons. The Labute approximate surface area is 260 Å². The summed E-state index contributed by atoms with van der Waals surface area (Å²) in [4.78, 5) is 31.4. The summed E-state index contributed by atoms with van der Waals surface area (Å²) in [6.45, 7) is 10.9. The van der Waals surface area contributed by atoms with E-state index in [1.54, 1.807) is 12.0 Å². The van der Waals surface area contributed by atoms with Crippen LogP contribution in [0.1, 0.15) is 36.1 Å². The van der Waals surface area contributed by atoms with Gasteiger partial charge >= 0.3 is 6.01 Å². The zero-order valence-electron chi connectivity index (χ0n) is 25.7. The topological polar surface area (TPSA) is 107 Å². The highest BCUT2D eigenvalue weighted by Gasteiger charge is 2.35. The SMILES string of the molecule is C=CC(=O)N1CCN(c2nc(OCCN3CCOCC3)nc3c2CCC(N2CCCc4ccc(OC)cc42)C3)C[C@@H]1CC#N. The second-order valence-corrected chi connectivity index (χ2v) is 11.9. The van der Waals surface area contributed by atoms with Gasteiger partial charge in [0.1, 0.15) is 18.2 Å². The third-order valence-corrected chi connectivity index (χ3v) is 9.40. The Hall–Kier alpha value is -3.88. The summed E-state index contributed by atoms with van der Waals surface area (Å²) in [7, 11) is 1.72. The molecule has 11 heteroatoms. The minimum absolute atomic E-state index is 0.136. The number of carbonyl (C=O) groups is 1. The number of aromatic nitrogens is 2. The molecule has 2 saturated heterocycles. The summed E-state index contributed by atoms with van der Waals surface area (Å²) >= 11 is 0. The highest BCUT2D eigenvalue weighted by Crippen LogP contribution is 2.38. The molecule has 0 spiro atoms. The van der Waals surface area contributed by atoms with Crippen molar-refractivity contribution in [1.29, 1.82) is 5.26 Å². The third-order valence-electron chi connectivity index (χ3n) is 9.40. The number of ether oxygens (including phenoxy) is 3. The quantitative estimate of drug-likeness (QED) is 0.398. The summed E-state index contributed by atoms with van der Waals surface area (Å²) in [5.74, 6) is 1.63. The van der Waals surface area contributed by atoms with Gasteiger partial charge in [0, 0.05) is 75.6 Å². The van der Waals surface area contributed by atoms with Crippen molar-refractivity contribution in [2.24, 2.45) is 0 Å². The smallest absolute Gasteiger partial charge is 0.318 e. The van der Waals surface area contributed by atoms with Crippen molar-refractivity contribution in [3.63, 3.8) is 0 Å². The number of carbonyl (C=O) groups excluding carboxylic acids is 1. The van der Waals surface area contributed by atoms with E-state index >= 15 is 0 Å². The predicted molar refractivity (Wildman–Crippen MR) is 167 cm³/mol. The van der Waals surface area contributed by atoms with E-state index in [2.05, 4.69) is 45.5 Å². The van der Waals surface area contributed by atoms with E-state index in [9.17, 15) is 10.1 Å². The zero-order chi connectivity index (χ0) is 30.5. The molecule has 1 aromatic heterocycles. The van der Waals surface area contributed by atoms with Crippen LogP contribution in [-0.2, 0) is 28.8 Å². The van der Waals surface area contributed by atoms with Crippen LogP contribution >= 0.6 is 0 Å². The van der Waals surface area contributed by atoms with E-state index in [0.717, 1.165) is 94.3 Å². The molecule has 0 N–H and O–H groups in total. The summed E-state index contributed by atoms with van der Waals surface area (Å²) in [6.07, 6.45) is 6.45. The first kappa shape index (κ1) is 30.2. The van der Waals surface area contributed by atoms with Gasteiger partial charge in [0.2, 0.25) is 5.91 Å². The number of hydrogen-bond donors (Lipinski definition) is 0. The lowest BCUT2D eigenvalue weighted by molar-refractivity contribution is -0.128. The minimum Gasteiger partial charge on any atom is -0.497 e. The number of piperazine rings is 1. The van der Waals surface area contributed by atoms with Gasteiger partial charge in [-0.1, -0.05) is 12.6 Å². The third kappa shape index (κ3) is 6.47. The molecule has 1 unspecified atom stereocenters. The lowest BCUT2D eigenvalue weighted by Crippen LogP contribution is -2.55. The van der Waals surface area contributed by atoms with E-state index < -0.39 is 0 Å². The molecule has 1 aromatic carbocycles. The molecule has 11 nitrogen and oxygen atoms in total. The van der Waals surface area contributed by atoms with Crippen molar-refractivity contribution in [3.8, 4) is 17.8 Å². The number of amides is 1. The van der Waals surface area contributed by atoms with Gasteiger partial charge in [0.15, 0.2) is 0 Å². The first-order valence-corrected chi connectivity index (χ1v) is 15.9. The molecule has 2 fully saturated rings. The molecule has 1 amide bonds. The number of nitriles is 1. The van der Waals surface area contributed by atoms with Crippen molar-refractivity contribution < 1.29 is 19.0 Å². The maximum Gasteiger partial charge on any atom is 0.318 e. The van der Waals surface area contributed by atoms with Gasteiger partial charge in [-0.05, 0) is 43.4 Å². The van der Waals surface area contributed by atoms with Gasteiger partial charge in [-0.15, -0.1) is 0 Å². The lowest BCUT2D eigenvalue weighted by Gasteiger charge is -2.43. The fourth-order valence-electron chi connectivity index (χ4n) is 7.06. The van der Waals surface area contributed by atoms with Crippen molar-refractivity contribution in [3.05, 3.63) is 47.7 Å².